The van der Waals surface area contributed by atoms with Gasteiger partial charge in [-0.3, -0.25) is 5.43 Å². The Kier molecular flexibility index (Phi) is 3.05. The van der Waals surface area contributed by atoms with Crippen molar-refractivity contribution in [2.75, 3.05) is 30.4 Å². The molecule has 1 unspecified atom stereocenters. The van der Waals surface area contributed by atoms with E-state index in [0.717, 1.165) is 23.8 Å². The molecule has 3 aliphatic heterocycles. The first-order chi connectivity index (χ1) is 8.76. The minimum absolute atomic E-state index is 0.462. The number of hydrazine groups is 1. The molecule has 1 atom stereocenters. The molecule has 6 heteroatoms. The maximum Gasteiger partial charge on any atom is 0.239 e. The third-order valence-corrected chi connectivity index (χ3v) is 4.08. The number of hydrogen-bond acceptors (Lipinski definition) is 6. The molecule has 0 spiro atoms. The van der Waals surface area contributed by atoms with Gasteiger partial charge in [-0.1, -0.05) is 0 Å². The predicted octanol–water partition coefficient (Wildman–Crippen LogP) is 0.577. The number of anilines is 2. The molecule has 1 aromatic heterocycles. The van der Waals surface area contributed by atoms with Gasteiger partial charge in [0.1, 0.15) is 5.82 Å². The van der Waals surface area contributed by atoms with Crippen LogP contribution >= 0.6 is 0 Å². The van der Waals surface area contributed by atoms with Crippen LogP contribution in [0.2, 0.25) is 0 Å². The Morgan fingerprint density at radius 1 is 1.39 bits per heavy atom. The van der Waals surface area contributed by atoms with Crippen molar-refractivity contribution < 1.29 is 0 Å². The molecule has 0 radical (unpaired) electrons. The number of fused-ring (bicyclic) bond motifs is 3. The molecule has 6 nitrogen and oxygen atoms in total. The molecule has 3 aliphatic rings. The van der Waals surface area contributed by atoms with Gasteiger partial charge >= 0.3 is 0 Å². The summed E-state index contributed by atoms with van der Waals surface area (Å²) in [7, 11) is 0. The average Bonchev–Trinajstić information content (AvgIpc) is 2.43. The fraction of sp³-hybridized carbons (Fsp3) is 0.667. The summed E-state index contributed by atoms with van der Waals surface area (Å²) in [6, 6.07) is 0.506. The molecule has 4 heterocycles. The van der Waals surface area contributed by atoms with E-state index in [1.54, 1.807) is 6.20 Å². The van der Waals surface area contributed by atoms with E-state index < -0.39 is 0 Å². The number of nitrogens with zero attached hydrogens (tertiary/aromatic N) is 3. The molecule has 4 rings (SSSR count). The van der Waals surface area contributed by atoms with Gasteiger partial charge in [0, 0.05) is 24.3 Å². The van der Waals surface area contributed by atoms with E-state index in [0.29, 0.717) is 12.0 Å². The van der Waals surface area contributed by atoms with E-state index in [1.165, 1.54) is 25.9 Å². The largest absolute Gasteiger partial charge is 0.365 e. The standard InChI is InChI=1S/C12H20N6/c1-8-6-14-12(17-13)16-11(8)15-10-7-18-4-2-9(10)3-5-18/h6,9-10H,2-5,7,13H2,1H3,(H2,14,15,16,17). The van der Waals surface area contributed by atoms with Gasteiger partial charge < -0.3 is 10.2 Å². The van der Waals surface area contributed by atoms with Crippen molar-refractivity contribution in [2.24, 2.45) is 11.8 Å². The van der Waals surface area contributed by atoms with Gasteiger partial charge in [0.05, 0.1) is 0 Å². The van der Waals surface area contributed by atoms with Crippen LogP contribution in [0.1, 0.15) is 18.4 Å². The lowest BCUT2D eigenvalue weighted by molar-refractivity contribution is 0.0973. The van der Waals surface area contributed by atoms with Gasteiger partial charge in [0.15, 0.2) is 0 Å². The molecule has 98 valence electrons. The van der Waals surface area contributed by atoms with E-state index in [-0.39, 0.29) is 0 Å². The summed E-state index contributed by atoms with van der Waals surface area (Å²) in [6.45, 7) is 5.64. The van der Waals surface area contributed by atoms with Crippen molar-refractivity contribution in [2.45, 2.75) is 25.8 Å². The number of aryl methyl sites for hydroxylation is 1. The van der Waals surface area contributed by atoms with Gasteiger partial charge in [-0.15, -0.1) is 0 Å². The predicted molar refractivity (Wildman–Crippen MR) is 71.2 cm³/mol. The highest BCUT2D eigenvalue weighted by Gasteiger charge is 2.34. The third-order valence-electron chi connectivity index (χ3n) is 4.08. The van der Waals surface area contributed by atoms with Gasteiger partial charge in [0.2, 0.25) is 5.95 Å². The molecule has 2 bridgehead atoms. The van der Waals surface area contributed by atoms with Crippen molar-refractivity contribution in [3.63, 3.8) is 0 Å². The van der Waals surface area contributed by atoms with Crippen molar-refractivity contribution >= 4 is 11.8 Å². The Hall–Kier alpha value is -1.40. The molecule has 3 saturated heterocycles. The van der Waals surface area contributed by atoms with Gasteiger partial charge in [-0.05, 0) is 38.8 Å². The Morgan fingerprint density at radius 3 is 2.78 bits per heavy atom. The number of aromatic nitrogens is 2. The fourth-order valence-electron chi connectivity index (χ4n) is 2.96. The first kappa shape index (κ1) is 11.7. The van der Waals surface area contributed by atoms with Crippen LogP contribution < -0.4 is 16.6 Å². The maximum atomic E-state index is 5.35. The zero-order valence-corrected chi connectivity index (χ0v) is 10.7. The minimum atomic E-state index is 0.462. The Labute approximate surface area is 107 Å². The molecule has 0 saturated carbocycles. The van der Waals surface area contributed by atoms with Gasteiger partial charge in [0.25, 0.3) is 0 Å². The summed E-state index contributed by atoms with van der Waals surface area (Å²) in [5.41, 5.74) is 3.55. The second-order valence-corrected chi connectivity index (χ2v) is 5.26. The Bertz CT molecular complexity index is 427. The first-order valence-corrected chi connectivity index (χ1v) is 6.55. The fourth-order valence-corrected chi connectivity index (χ4v) is 2.96. The van der Waals surface area contributed by atoms with Gasteiger partial charge in [-0.2, -0.15) is 4.98 Å². The van der Waals surface area contributed by atoms with Crippen LogP contribution in [0.25, 0.3) is 0 Å². The molecule has 0 aliphatic carbocycles. The number of nitrogens with two attached hydrogens (primary N) is 1. The lowest BCUT2D eigenvalue weighted by atomic mass is 9.84. The van der Waals surface area contributed by atoms with Crippen LogP contribution in [0.4, 0.5) is 11.8 Å². The molecular formula is C12H20N6. The molecule has 18 heavy (non-hydrogen) atoms. The van der Waals surface area contributed by atoms with Crippen LogP contribution in [-0.4, -0.2) is 40.5 Å². The Balaban J connectivity index is 1.76. The summed E-state index contributed by atoms with van der Waals surface area (Å²) in [5, 5.41) is 3.57. The summed E-state index contributed by atoms with van der Waals surface area (Å²) < 4.78 is 0. The second kappa shape index (κ2) is 4.70. The topological polar surface area (TPSA) is 79.1 Å². The maximum absolute atomic E-state index is 5.35. The summed E-state index contributed by atoms with van der Waals surface area (Å²) in [5.74, 6) is 7.49. The quantitative estimate of drug-likeness (QED) is 0.536. The van der Waals surface area contributed by atoms with Crippen molar-refractivity contribution in [3.05, 3.63) is 11.8 Å². The molecule has 3 fully saturated rings. The summed E-state index contributed by atoms with van der Waals surface area (Å²) in [6.07, 6.45) is 4.39. The van der Waals surface area contributed by atoms with E-state index >= 15 is 0 Å². The van der Waals surface area contributed by atoms with E-state index in [1.807, 2.05) is 6.92 Å². The number of nitrogens with one attached hydrogen (secondary N) is 2. The number of rotatable bonds is 3. The van der Waals surface area contributed by atoms with E-state index in [4.69, 9.17) is 5.84 Å². The number of piperidine rings is 3. The molecule has 0 amide bonds. The summed E-state index contributed by atoms with van der Waals surface area (Å²) >= 11 is 0. The highest BCUT2D eigenvalue weighted by molar-refractivity contribution is 5.47. The molecular weight excluding hydrogens is 228 g/mol. The third kappa shape index (κ3) is 2.13. The monoisotopic (exact) mass is 248 g/mol. The highest BCUT2D eigenvalue weighted by Crippen LogP contribution is 2.29. The zero-order chi connectivity index (χ0) is 12.5. The van der Waals surface area contributed by atoms with E-state index in [9.17, 15) is 0 Å². The summed E-state index contributed by atoms with van der Waals surface area (Å²) in [4.78, 5) is 11.0. The van der Waals surface area contributed by atoms with Crippen LogP contribution in [0, 0.1) is 12.8 Å². The van der Waals surface area contributed by atoms with Gasteiger partial charge in [-0.25, -0.2) is 10.8 Å². The van der Waals surface area contributed by atoms with Crippen molar-refractivity contribution in [1.82, 2.24) is 14.9 Å². The van der Waals surface area contributed by atoms with Crippen molar-refractivity contribution in [1.29, 1.82) is 0 Å². The van der Waals surface area contributed by atoms with Crippen LogP contribution in [0.15, 0.2) is 6.20 Å². The molecule has 4 N–H and O–H groups in total. The lowest BCUT2D eigenvalue weighted by Gasteiger charge is -2.45. The SMILES string of the molecule is Cc1cnc(NN)nc1NC1CN2CCC1CC2. The van der Waals surface area contributed by atoms with Crippen LogP contribution in [0.5, 0.6) is 0 Å². The first-order valence-electron chi connectivity index (χ1n) is 6.55. The Morgan fingerprint density at radius 2 is 2.17 bits per heavy atom. The number of nitrogen functional groups attached to an aromatic ring is 1. The second-order valence-electron chi connectivity index (χ2n) is 5.26. The normalized spacial score (nSPS) is 30.2. The molecule has 1 aromatic rings. The van der Waals surface area contributed by atoms with E-state index in [2.05, 4.69) is 25.6 Å². The minimum Gasteiger partial charge on any atom is -0.365 e. The van der Waals surface area contributed by atoms with Crippen LogP contribution in [-0.2, 0) is 0 Å². The van der Waals surface area contributed by atoms with Crippen LogP contribution in [0.3, 0.4) is 0 Å². The smallest absolute Gasteiger partial charge is 0.239 e. The molecule has 0 aromatic carbocycles. The number of hydrogen-bond donors (Lipinski definition) is 3. The van der Waals surface area contributed by atoms with Crippen molar-refractivity contribution in [3.8, 4) is 0 Å². The zero-order valence-electron chi connectivity index (χ0n) is 10.7. The lowest BCUT2D eigenvalue weighted by Crippen LogP contribution is -2.53. The highest BCUT2D eigenvalue weighted by atomic mass is 15.3. The average molecular weight is 248 g/mol.